The molecule has 2 saturated heterocycles. The lowest BCUT2D eigenvalue weighted by Crippen LogP contribution is -2.47. The van der Waals surface area contributed by atoms with Gasteiger partial charge in [-0.2, -0.15) is 0 Å². The van der Waals surface area contributed by atoms with Crippen LogP contribution in [-0.4, -0.2) is 51.0 Å². The van der Waals surface area contributed by atoms with Crippen LogP contribution in [0.2, 0.25) is 0 Å². The predicted molar refractivity (Wildman–Crippen MR) is 134 cm³/mol. The van der Waals surface area contributed by atoms with E-state index in [1.165, 1.54) is 28.6 Å². The molecule has 6 heteroatoms. The third kappa shape index (κ3) is 4.09. The van der Waals surface area contributed by atoms with Crippen LogP contribution in [0, 0.1) is 5.92 Å². The highest BCUT2D eigenvalue weighted by Gasteiger charge is 2.34. The number of pyridine rings is 1. The molecule has 0 spiro atoms. The molecular weight excluding hydrogens is 424 g/mol. The van der Waals surface area contributed by atoms with Gasteiger partial charge in [0.25, 0.3) is 5.56 Å². The van der Waals surface area contributed by atoms with Gasteiger partial charge in [0.05, 0.1) is 6.67 Å². The Kier molecular flexibility index (Phi) is 5.77. The third-order valence-electron chi connectivity index (χ3n) is 8.07. The van der Waals surface area contributed by atoms with Gasteiger partial charge in [0.2, 0.25) is 5.91 Å². The van der Waals surface area contributed by atoms with Gasteiger partial charge in [0.1, 0.15) is 0 Å². The van der Waals surface area contributed by atoms with Crippen LogP contribution in [0.5, 0.6) is 0 Å². The third-order valence-corrected chi connectivity index (χ3v) is 8.07. The Morgan fingerprint density at radius 2 is 1.82 bits per heavy atom. The minimum atomic E-state index is 0.143. The van der Waals surface area contributed by atoms with Crippen molar-refractivity contribution < 1.29 is 4.79 Å². The maximum absolute atomic E-state index is 12.5. The summed E-state index contributed by atoms with van der Waals surface area (Å²) >= 11 is 0. The number of rotatable bonds is 6. The molecular formula is C28H34N4O2. The van der Waals surface area contributed by atoms with Crippen LogP contribution in [0.3, 0.4) is 0 Å². The molecule has 6 rings (SSSR count). The van der Waals surface area contributed by atoms with Crippen molar-refractivity contribution in [3.05, 3.63) is 70.3 Å². The summed E-state index contributed by atoms with van der Waals surface area (Å²) in [5.74, 6) is 1.28. The first-order valence-electron chi connectivity index (χ1n) is 12.9. The van der Waals surface area contributed by atoms with E-state index in [0.29, 0.717) is 24.2 Å². The number of aromatic nitrogens is 2. The lowest BCUT2D eigenvalue weighted by molar-refractivity contribution is -0.130. The molecule has 3 aliphatic rings. The number of aryl methyl sites for hydroxylation is 1. The summed E-state index contributed by atoms with van der Waals surface area (Å²) in [6.45, 7) is 5.61. The van der Waals surface area contributed by atoms with Gasteiger partial charge in [-0.15, -0.1) is 0 Å². The van der Waals surface area contributed by atoms with E-state index >= 15 is 0 Å². The molecule has 2 fully saturated rings. The van der Waals surface area contributed by atoms with Gasteiger partial charge < -0.3 is 14.0 Å². The number of hydrogen-bond donors (Lipinski definition) is 0. The second-order valence-electron chi connectivity index (χ2n) is 10.5. The van der Waals surface area contributed by atoms with Gasteiger partial charge in [-0.25, -0.2) is 0 Å². The van der Waals surface area contributed by atoms with Crippen LogP contribution in [0.25, 0.3) is 10.9 Å². The molecule has 178 valence electrons. The summed E-state index contributed by atoms with van der Waals surface area (Å²) in [6, 6.07) is 14.4. The molecule has 1 aromatic carbocycles. The van der Waals surface area contributed by atoms with Crippen LogP contribution in [-0.2, 0) is 24.4 Å². The van der Waals surface area contributed by atoms with Gasteiger partial charge in [0.15, 0.2) is 0 Å². The van der Waals surface area contributed by atoms with E-state index in [0.717, 1.165) is 65.1 Å². The van der Waals surface area contributed by atoms with Crippen molar-refractivity contribution in [3.63, 3.8) is 0 Å². The standard InChI is InChI=1S/C28H34N4O2/c33-27(30-13-3-4-14-30)11-5-7-22-19-31(26-9-2-1-8-24(22)26)20-29-16-21-15-23(18-29)25-10-6-12-28(34)32(25)17-21/h1-2,6,8-10,12,19,21,23H,3-5,7,11,13-18,20H2/t21-,23-/m1/s1. The Labute approximate surface area is 200 Å². The van der Waals surface area contributed by atoms with Gasteiger partial charge in [0, 0.05) is 73.9 Å². The fourth-order valence-electron chi connectivity index (χ4n) is 6.52. The van der Waals surface area contributed by atoms with Crippen LogP contribution >= 0.6 is 0 Å². The fraction of sp³-hybridized carbons (Fsp3) is 0.500. The molecule has 1 amide bonds. The first-order valence-corrected chi connectivity index (χ1v) is 12.9. The first kappa shape index (κ1) is 21.7. The number of amides is 1. The lowest BCUT2D eigenvalue weighted by Gasteiger charge is -2.42. The van der Waals surface area contributed by atoms with Crippen LogP contribution in [0.1, 0.15) is 49.3 Å². The molecule has 0 radical (unpaired) electrons. The summed E-state index contributed by atoms with van der Waals surface area (Å²) in [4.78, 5) is 29.4. The molecule has 6 nitrogen and oxygen atoms in total. The van der Waals surface area contributed by atoms with E-state index < -0.39 is 0 Å². The molecule has 3 aliphatic heterocycles. The number of hydrogen-bond acceptors (Lipinski definition) is 3. The average molecular weight is 459 g/mol. The number of likely N-dealkylation sites (tertiary alicyclic amines) is 2. The Bertz CT molecular complexity index is 1250. The molecule has 34 heavy (non-hydrogen) atoms. The minimum Gasteiger partial charge on any atom is -0.343 e. The summed E-state index contributed by atoms with van der Waals surface area (Å²) < 4.78 is 4.40. The molecule has 0 unspecified atom stereocenters. The highest BCUT2D eigenvalue weighted by molar-refractivity contribution is 5.84. The zero-order chi connectivity index (χ0) is 23.1. The van der Waals surface area contributed by atoms with Gasteiger partial charge in [-0.1, -0.05) is 24.3 Å². The second-order valence-corrected chi connectivity index (χ2v) is 10.5. The number of nitrogens with zero attached hydrogens (tertiary/aromatic N) is 4. The van der Waals surface area contributed by atoms with E-state index in [-0.39, 0.29) is 5.56 Å². The van der Waals surface area contributed by atoms with Crippen LogP contribution in [0.4, 0.5) is 0 Å². The molecule has 0 saturated carbocycles. The molecule has 0 N–H and O–H groups in total. The Hall–Kier alpha value is -2.86. The minimum absolute atomic E-state index is 0.143. The Balaban J connectivity index is 1.17. The topological polar surface area (TPSA) is 50.5 Å². The first-order chi connectivity index (χ1) is 16.7. The number of carbonyl (C=O) groups is 1. The molecule has 0 aliphatic carbocycles. The maximum Gasteiger partial charge on any atom is 0.250 e. The summed E-state index contributed by atoms with van der Waals surface area (Å²) in [5.41, 5.74) is 3.97. The summed E-state index contributed by atoms with van der Waals surface area (Å²) in [6.07, 6.45) is 8.29. The van der Waals surface area contributed by atoms with E-state index in [9.17, 15) is 9.59 Å². The molecule has 3 aromatic rings. The van der Waals surface area contributed by atoms with Crippen molar-refractivity contribution in [3.8, 4) is 0 Å². The number of fused-ring (bicyclic) bond motifs is 5. The van der Waals surface area contributed by atoms with E-state index in [2.05, 4.69) is 46.0 Å². The zero-order valence-corrected chi connectivity index (χ0v) is 19.9. The highest BCUT2D eigenvalue weighted by Crippen LogP contribution is 2.35. The number of piperidine rings is 1. The zero-order valence-electron chi connectivity index (χ0n) is 19.9. The van der Waals surface area contributed by atoms with Gasteiger partial charge in [-0.05, 0) is 55.7 Å². The van der Waals surface area contributed by atoms with Crippen LogP contribution < -0.4 is 5.56 Å². The van der Waals surface area contributed by atoms with E-state index in [1.807, 2.05) is 15.5 Å². The van der Waals surface area contributed by atoms with Gasteiger partial charge in [-0.3, -0.25) is 14.5 Å². The smallest absolute Gasteiger partial charge is 0.250 e. The SMILES string of the molecule is O=C(CCCc1cn(CN2C[C@H]3C[C@H](C2)c2cccc(=O)n2C3)c2ccccc12)N1CCCC1. The Morgan fingerprint density at radius 1 is 0.971 bits per heavy atom. The number of carbonyl (C=O) groups excluding carboxylic acids is 1. The lowest BCUT2D eigenvalue weighted by atomic mass is 9.83. The average Bonchev–Trinajstić information content (AvgIpc) is 3.49. The van der Waals surface area contributed by atoms with Gasteiger partial charge >= 0.3 is 0 Å². The highest BCUT2D eigenvalue weighted by atomic mass is 16.2. The van der Waals surface area contributed by atoms with Crippen molar-refractivity contribution in [2.45, 2.75) is 57.7 Å². The quantitative estimate of drug-likeness (QED) is 0.564. The Morgan fingerprint density at radius 3 is 2.71 bits per heavy atom. The van der Waals surface area contributed by atoms with Crippen molar-refractivity contribution in [2.24, 2.45) is 5.92 Å². The largest absolute Gasteiger partial charge is 0.343 e. The van der Waals surface area contributed by atoms with E-state index in [4.69, 9.17) is 0 Å². The summed E-state index contributed by atoms with van der Waals surface area (Å²) in [5, 5.41) is 1.31. The fourth-order valence-corrected chi connectivity index (χ4v) is 6.52. The molecule has 5 heterocycles. The van der Waals surface area contributed by atoms with Crippen molar-refractivity contribution in [1.29, 1.82) is 0 Å². The maximum atomic E-state index is 12.5. The second kappa shape index (κ2) is 9.06. The predicted octanol–water partition coefficient (Wildman–Crippen LogP) is 3.82. The molecule has 2 aromatic heterocycles. The molecule has 2 bridgehead atoms. The number of benzene rings is 1. The van der Waals surface area contributed by atoms with Crippen molar-refractivity contribution >= 4 is 16.8 Å². The normalized spacial score (nSPS) is 22.3. The van der Waals surface area contributed by atoms with Crippen LogP contribution in [0.15, 0.2) is 53.5 Å². The monoisotopic (exact) mass is 458 g/mol. The van der Waals surface area contributed by atoms with Crippen molar-refractivity contribution in [2.75, 3.05) is 26.2 Å². The van der Waals surface area contributed by atoms with Crippen molar-refractivity contribution in [1.82, 2.24) is 18.9 Å². The van der Waals surface area contributed by atoms with E-state index in [1.54, 1.807) is 6.07 Å². The summed E-state index contributed by atoms with van der Waals surface area (Å²) in [7, 11) is 0. The number of para-hydroxylation sites is 1. The molecule has 2 atom stereocenters.